The normalized spacial score (nSPS) is 10.5. The van der Waals surface area contributed by atoms with Crippen molar-refractivity contribution in [1.82, 2.24) is 5.32 Å². The highest BCUT2D eigenvalue weighted by Crippen LogP contribution is 2.31. The Labute approximate surface area is 148 Å². The van der Waals surface area contributed by atoms with Crippen LogP contribution in [0.4, 0.5) is 0 Å². The highest BCUT2D eigenvalue weighted by atomic mass is 16.5. The number of ether oxygens (including phenoxy) is 3. The van der Waals surface area contributed by atoms with E-state index in [-0.39, 0.29) is 5.91 Å². The fraction of sp³-hybridized carbons (Fsp3) is 0.250. The van der Waals surface area contributed by atoms with Crippen LogP contribution in [0.15, 0.2) is 48.5 Å². The van der Waals surface area contributed by atoms with Gasteiger partial charge >= 0.3 is 0 Å². The highest BCUT2D eigenvalue weighted by molar-refractivity contribution is 5.92. The lowest BCUT2D eigenvalue weighted by Crippen LogP contribution is -2.26. The number of benzene rings is 2. The summed E-state index contributed by atoms with van der Waals surface area (Å²) in [5.74, 6) is 1.81. The van der Waals surface area contributed by atoms with E-state index in [1.54, 1.807) is 26.4 Å². The Hall–Kier alpha value is -2.95. The number of nitrogens with one attached hydrogen (secondary N) is 1. The maximum atomic E-state index is 11.9. The van der Waals surface area contributed by atoms with Crippen LogP contribution in [0, 0.1) is 6.92 Å². The molecule has 5 nitrogen and oxygen atoms in total. The van der Waals surface area contributed by atoms with Crippen molar-refractivity contribution < 1.29 is 19.0 Å². The predicted molar refractivity (Wildman–Crippen MR) is 98.3 cm³/mol. The maximum Gasteiger partial charge on any atom is 0.244 e. The first-order chi connectivity index (χ1) is 12.1. The zero-order chi connectivity index (χ0) is 18.1. The van der Waals surface area contributed by atoms with E-state index >= 15 is 0 Å². The molecule has 0 aromatic heterocycles. The van der Waals surface area contributed by atoms with Gasteiger partial charge in [-0.25, -0.2) is 0 Å². The van der Waals surface area contributed by atoms with Gasteiger partial charge in [0.15, 0.2) is 11.5 Å². The summed E-state index contributed by atoms with van der Waals surface area (Å²) in [4.78, 5) is 11.9. The average molecular weight is 341 g/mol. The monoisotopic (exact) mass is 341 g/mol. The fourth-order valence-electron chi connectivity index (χ4n) is 2.25. The summed E-state index contributed by atoms with van der Waals surface area (Å²) in [7, 11) is 3.14. The molecular weight excluding hydrogens is 318 g/mol. The summed E-state index contributed by atoms with van der Waals surface area (Å²) < 4.78 is 16.1. The molecule has 2 aromatic carbocycles. The van der Waals surface area contributed by atoms with Gasteiger partial charge in [-0.2, -0.15) is 0 Å². The molecule has 132 valence electrons. The van der Waals surface area contributed by atoms with Gasteiger partial charge in [0.25, 0.3) is 0 Å². The lowest BCUT2D eigenvalue weighted by molar-refractivity contribution is -0.116. The summed E-state index contributed by atoms with van der Waals surface area (Å²) in [6.07, 6.45) is 3.15. The van der Waals surface area contributed by atoms with Crippen LogP contribution >= 0.6 is 0 Å². The van der Waals surface area contributed by atoms with Crippen LogP contribution in [0.2, 0.25) is 0 Å². The molecule has 5 heteroatoms. The van der Waals surface area contributed by atoms with E-state index in [1.807, 2.05) is 43.3 Å². The minimum atomic E-state index is -0.197. The van der Waals surface area contributed by atoms with Crippen LogP contribution < -0.4 is 19.5 Å². The summed E-state index contributed by atoms with van der Waals surface area (Å²) in [5.41, 5.74) is 1.95. The largest absolute Gasteiger partial charge is 0.493 e. The quantitative estimate of drug-likeness (QED) is 0.592. The number of carbonyl (C=O) groups excluding carboxylic acids is 1. The SMILES string of the molecule is COc1cccc(/C=C/C(=O)NCCOc2ccc(C)cc2)c1OC. The van der Waals surface area contributed by atoms with E-state index in [1.165, 1.54) is 11.6 Å². The smallest absolute Gasteiger partial charge is 0.244 e. The van der Waals surface area contributed by atoms with Crippen molar-refractivity contribution in [2.45, 2.75) is 6.92 Å². The highest BCUT2D eigenvalue weighted by Gasteiger charge is 2.07. The lowest BCUT2D eigenvalue weighted by Gasteiger charge is -2.10. The molecular formula is C20H23NO4. The number of hydrogen-bond acceptors (Lipinski definition) is 4. The Morgan fingerprint density at radius 1 is 1.08 bits per heavy atom. The molecule has 1 amide bonds. The van der Waals surface area contributed by atoms with Crippen LogP contribution in [0.1, 0.15) is 11.1 Å². The van der Waals surface area contributed by atoms with Crippen molar-refractivity contribution in [1.29, 1.82) is 0 Å². The molecule has 0 unspecified atom stereocenters. The number of amides is 1. The van der Waals surface area contributed by atoms with Crippen LogP contribution in [-0.4, -0.2) is 33.3 Å². The van der Waals surface area contributed by atoms with E-state index in [0.29, 0.717) is 24.7 Å². The molecule has 0 fully saturated rings. The predicted octanol–water partition coefficient (Wildman–Crippen LogP) is 3.22. The second-order valence-electron chi connectivity index (χ2n) is 5.37. The Kier molecular flexibility index (Phi) is 6.89. The van der Waals surface area contributed by atoms with Crippen LogP contribution in [0.3, 0.4) is 0 Å². The zero-order valence-electron chi connectivity index (χ0n) is 14.7. The second-order valence-corrected chi connectivity index (χ2v) is 5.37. The van der Waals surface area contributed by atoms with Gasteiger partial charge in [0.2, 0.25) is 5.91 Å². The Balaban J connectivity index is 1.82. The average Bonchev–Trinajstić information content (AvgIpc) is 2.64. The van der Waals surface area contributed by atoms with Crippen molar-refractivity contribution >= 4 is 12.0 Å². The Morgan fingerprint density at radius 2 is 1.84 bits per heavy atom. The Morgan fingerprint density at radius 3 is 2.52 bits per heavy atom. The first-order valence-corrected chi connectivity index (χ1v) is 8.00. The molecule has 0 aliphatic heterocycles. The number of para-hydroxylation sites is 1. The van der Waals surface area contributed by atoms with Crippen LogP contribution in [0.5, 0.6) is 17.2 Å². The summed E-state index contributed by atoms with van der Waals surface area (Å²) in [6, 6.07) is 13.3. The summed E-state index contributed by atoms with van der Waals surface area (Å²) in [5, 5.41) is 2.78. The minimum absolute atomic E-state index is 0.197. The number of hydrogen-bond donors (Lipinski definition) is 1. The molecule has 0 radical (unpaired) electrons. The van der Waals surface area contributed by atoms with E-state index < -0.39 is 0 Å². The first-order valence-electron chi connectivity index (χ1n) is 8.00. The maximum absolute atomic E-state index is 11.9. The van der Waals surface area contributed by atoms with E-state index in [9.17, 15) is 4.79 Å². The number of carbonyl (C=O) groups is 1. The molecule has 1 N–H and O–H groups in total. The van der Waals surface area contributed by atoms with Crippen molar-refractivity contribution in [2.75, 3.05) is 27.4 Å². The van der Waals surface area contributed by atoms with E-state index in [0.717, 1.165) is 11.3 Å². The van der Waals surface area contributed by atoms with Gasteiger partial charge in [-0.1, -0.05) is 29.8 Å². The molecule has 0 saturated carbocycles. The molecule has 0 aliphatic rings. The molecule has 2 rings (SSSR count). The first kappa shape index (κ1) is 18.4. The lowest BCUT2D eigenvalue weighted by atomic mass is 10.1. The van der Waals surface area contributed by atoms with E-state index in [2.05, 4.69) is 5.32 Å². The molecule has 2 aromatic rings. The standard InChI is InChI=1S/C20H23NO4/c1-15-7-10-17(11-8-15)25-14-13-21-19(22)12-9-16-5-4-6-18(23-2)20(16)24-3/h4-12H,13-14H2,1-3H3,(H,21,22)/b12-9+. The van der Waals surface area contributed by atoms with Gasteiger partial charge in [0.05, 0.1) is 20.8 Å². The zero-order valence-corrected chi connectivity index (χ0v) is 14.7. The molecule has 25 heavy (non-hydrogen) atoms. The van der Waals surface area contributed by atoms with Gasteiger partial charge in [-0.15, -0.1) is 0 Å². The topological polar surface area (TPSA) is 56.8 Å². The van der Waals surface area contributed by atoms with Crippen molar-refractivity contribution in [3.8, 4) is 17.2 Å². The number of rotatable bonds is 8. The third-order valence-corrected chi connectivity index (χ3v) is 3.54. The molecule has 0 atom stereocenters. The summed E-state index contributed by atoms with van der Waals surface area (Å²) in [6.45, 7) is 2.85. The molecule has 0 heterocycles. The Bertz CT molecular complexity index is 723. The van der Waals surface area contributed by atoms with Crippen LogP contribution in [-0.2, 0) is 4.79 Å². The van der Waals surface area contributed by atoms with Crippen molar-refractivity contribution in [3.05, 3.63) is 59.7 Å². The molecule has 0 aliphatic carbocycles. The molecule has 0 spiro atoms. The van der Waals surface area contributed by atoms with Crippen LogP contribution in [0.25, 0.3) is 6.08 Å². The van der Waals surface area contributed by atoms with Gasteiger partial charge in [-0.3, -0.25) is 4.79 Å². The molecule has 0 saturated heterocycles. The molecule has 0 bridgehead atoms. The van der Waals surface area contributed by atoms with Gasteiger partial charge in [0, 0.05) is 11.6 Å². The number of aryl methyl sites for hydroxylation is 1. The number of methoxy groups -OCH3 is 2. The van der Waals surface area contributed by atoms with Gasteiger partial charge in [-0.05, 0) is 31.2 Å². The minimum Gasteiger partial charge on any atom is -0.493 e. The second kappa shape index (κ2) is 9.37. The summed E-state index contributed by atoms with van der Waals surface area (Å²) >= 11 is 0. The fourth-order valence-corrected chi connectivity index (χ4v) is 2.25. The van der Waals surface area contributed by atoms with Crippen molar-refractivity contribution in [2.24, 2.45) is 0 Å². The van der Waals surface area contributed by atoms with E-state index in [4.69, 9.17) is 14.2 Å². The third kappa shape index (κ3) is 5.57. The van der Waals surface area contributed by atoms with Gasteiger partial charge in [0.1, 0.15) is 12.4 Å². The van der Waals surface area contributed by atoms with Crippen molar-refractivity contribution in [3.63, 3.8) is 0 Å². The van der Waals surface area contributed by atoms with Gasteiger partial charge < -0.3 is 19.5 Å². The third-order valence-electron chi connectivity index (χ3n) is 3.54.